The molecule has 164 valence electrons. The molecule has 2 aliphatic rings. The van der Waals surface area contributed by atoms with Gasteiger partial charge in [-0.05, 0) is 77.9 Å². The van der Waals surface area contributed by atoms with Crippen molar-refractivity contribution in [2.75, 3.05) is 6.61 Å². The molecule has 1 heterocycles. The summed E-state index contributed by atoms with van der Waals surface area (Å²) in [6, 6.07) is 12.9. The van der Waals surface area contributed by atoms with Crippen LogP contribution in [0.5, 0.6) is 0 Å². The van der Waals surface area contributed by atoms with E-state index in [2.05, 4.69) is 62.5 Å². The van der Waals surface area contributed by atoms with E-state index in [9.17, 15) is 4.79 Å². The Morgan fingerprint density at radius 2 is 1.87 bits per heavy atom. The van der Waals surface area contributed by atoms with Crippen LogP contribution in [0, 0.1) is 0 Å². The zero-order chi connectivity index (χ0) is 22.0. The number of nitrogens with zero attached hydrogens (tertiary/aromatic N) is 3. The fraction of sp³-hybridized carbons (Fsp3) is 0.458. The minimum absolute atomic E-state index is 0.143. The van der Waals surface area contributed by atoms with Crippen molar-refractivity contribution in [3.8, 4) is 5.69 Å². The summed E-state index contributed by atoms with van der Waals surface area (Å²) >= 11 is 5.06. The SMILES string of the molecule is CC.CCOC(=O)C1(Sc2nnc(Br)n2-c2ccc(C3CC3)c3ccccc23)CCC1. The van der Waals surface area contributed by atoms with Gasteiger partial charge < -0.3 is 4.74 Å². The predicted octanol–water partition coefficient (Wildman–Crippen LogP) is 6.66. The van der Waals surface area contributed by atoms with Crippen LogP contribution in [-0.4, -0.2) is 32.1 Å². The van der Waals surface area contributed by atoms with E-state index in [1.165, 1.54) is 40.9 Å². The normalized spacial score (nSPS) is 16.9. The molecular formula is C24H28BrN3O2S. The summed E-state index contributed by atoms with van der Waals surface area (Å²) in [5.74, 6) is 0.532. The molecule has 0 spiro atoms. The molecule has 0 radical (unpaired) electrons. The molecule has 0 atom stereocenters. The van der Waals surface area contributed by atoms with Crippen LogP contribution in [0.15, 0.2) is 46.3 Å². The number of halogens is 1. The number of hydrogen-bond donors (Lipinski definition) is 0. The Bertz CT molecular complexity index is 1090. The third-order valence-electron chi connectivity index (χ3n) is 5.88. The highest BCUT2D eigenvalue weighted by Gasteiger charge is 2.48. The number of rotatable bonds is 6. The molecule has 0 aliphatic heterocycles. The van der Waals surface area contributed by atoms with E-state index in [1.54, 1.807) is 0 Å². The van der Waals surface area contributed by atoms with E-state index in [4.69, 9.17) is 4.74 Å². The summed E-state index contributed by atoms with van der Waals surface area (Å²) in [5, 5.41) is 11.9. The Kier molecular flexibility index (Phi) is 6.72. The van der Waals surface area contributed by atoms with Crippen LogP contribution in [0.1, 0.15) is 64.4 Å². The first-order chi connectivity index (χ1) is 15.1. The highest BCUT2D eigenvalue weighted by atomic mass is 79.9. The van der Waals surface area contributed by atoms with E-state index in [0.29, 0.717) is 22.4 Å². The van der Waals surface area contributed by atoms with Crippen LogP contribution in [0.4, 0.5) is 0 Å². The molecule has 3 aromatic rings. The lowest BCUT2D eigenvalue weighted by Gasteiger charge is -2.37. The molecule has 2 saturated carbocycles. The number of carbonyl (C=O) groups is 1. The lowest BCUT2D eigenvalue weighted by molar-refractivity contribution is -0.148. The quantitative estimate of drug-likeness (QED) is 0.353. The van der Waals surface area contributed by atoms with Crippen LogP contribution < -0.4 is 0 Å². The number of fused-ring (bicyclic) bond motifs is 1. The Morgan fingerprint density at radius 3 is 2.48 bits per heavy atom. The first kappa shape index (κ1) is 22.3. The topological polar surface area (TPSA) is 57.0 Å². The molecule has 0 amide bonds. The summed E-state index contributed by atoms with van der Waals surface area (Å²) in [6.45, 7) is 6.24. The highest BCUT2D eigenvalue weighted by Crippen LogP contribution is 2.49. The smallest absolute Gasteiger partial charge is 0.322 e. The van der Waals surface area contributed by atoms with Gasteiger partial charge >= 0.3 is 5.97 Å². The Balaban J connectivity index is 0.00000112. The van der Waals surface area contributed by atoms with Crippen molar-refractivity contribution < 1.29 is 9.53 Å². The zero-order valence-corrected chi connectivity index (χ0v) is 20.6. The number of aromatic nitrogens is 3. The number of carbonyl (C=O) groups excluding carboxylic acids is 1. The van der Waals surface area contributed by atoms with Gasteiger partial charge in [0.1, 0.15) is 4.75 Å². The molecule has 0 unspecified atom stereocenters. The molecule has 2 aliphatic carbocycles. The summed E-state index contributed by atoms with van der Waals surface area (Å²) < 4.78 is 7.47. The lowest BCUT2D eigenvalue weighted by atomic mass is 9.84. The van der Waals surface area contributed by atoms with Gasteiger partial charge in [-0.15, -0.1) is 10.2 Å². The van der Waals surface area contributed by atoms with Gasteiger partial charge in [0.15, 0.2) is 5.16 Å². The van der Waals surface area contributed by atoms with Gasteiger partial charge in [-0.2, -0.15) is 0 Å². The average Bonchev–Trinajstić information content (AvgIpc) is 3.55. The maximum atomic E-state index is 12.6. The number of hydrogen-bond acceptors (Lipinski definition) is 5. The summed E-state index contributed by atoms with van der Waals surface area (Å²) in [6.07, 6.45) is 5.18. The van der Waals surface area contributed by atoms with Gasteiger partial charge in [0.05, 0.1) is 12.3 Å². The van der Waals surface area contributed by atoms with Crippen molar-refractivity contribution in [3.05, 3.63) is 46.7 Å². The third kappa shape index (κ3) is 4.14. The van der Waals surface area contributed by atoms with E-state index >= 15 is 0 Å². The first-order valence-corrected chi connectivity index (χ1v) is 12.7. The van der Waals surface area contributed by atoms with Crippen molar-refractivity contribution in [1.82, 2.24) is 14.8 Å². The number of benzene rings is 2. The predicted molar refractivity (Wildman–Crippen MR) is 129 cm³/mol. The van der Waals surface area contributed by atoms with E-state index < -0.39 is 4.75 Å². The van der Waals surface area contributed by atoms with Crippen molar-refractivity contribution in [1.29, 1.82) is 0 Å². The van der Waals surface area contributed by atoms with Crippen LogP contribution in [0.3, 0.4) is 0 Å². The van der Waals surface area contributed by atoms with Gasteiger partial charge in [0.2, 0.25) is 4.73 Å². The van der Waals surface area contributed by atoms with E-state index in [1.807, 2.05) is 25.3 Å². The maximum absolute atomic E-state index is 12.6. The average molecular weight is 502 g/mol. The molecule has 0 N–H and O–H groups in total. The largest absolute Gasteiger partial charge is 0.465 e. The zero-order valence-electron chi connectivity index (χ0n) is 18.2. The minimum Gasteiger partial charge on any atom is -0.465 e. The van der Waals surface area contributed by atoms with Crippen LogP contribution in [0.2, 0.25) is 0 Å². The van der Waals surface area contributed by atoms with Gasteiger partial charge in [0, 0.05) is 5.39 Å². The summed E-state index contributed by atoms with van der Waals surface area (Å²) in [7, 11) is 0. The second-order valence-electron chi connectivity index (χ2n) is 7.75. The molecule has 0 saturated heterocycles. The molecule has 0 bridgehead atoms. The molecule has 5 rings (SSSR count). The first-order valence-electron chi connectivity index (χ1n) is 11.1. The Morgan fingerprint density at radius 1 is 1.16 bits per heavy atom. The van der Waals surface area contributed by atoms with Crippen LogP contribution in [0.25, 0.3) is 16.5 Å². The van der Waals surface area contributed by atoms with Crippen molar-refractivity contribution in [2.24, 2.45) is 0 Å². The second kappa shape index (κ2) is 9.33. The summed E-state index contributed by atoms with van der Waals surface area (Å²) in [5.41, 5.74) is 2.45. The third-order valence-corrected chi connectivity index (χ3v) is 7.81. The second-order valence-corrected chi connectivity index (χ2v) is 9.81. The van der Waals surface area contributed by atoms with Gasteiger partial charge in [0.25, 0.3) is 0 Å². The molecule has 1 aromatic heterocycles. The molecule has 31 heavy (non-hydrogen) atoms. The van der Waals surface area contributed by atoms with Gasteiger partial charge in [-0.25, -0.2) is 0 Å². The monoisotopic (exact) mass is 501 g/mol. The van der Waals surface area contributed by atoms with E-state index in [-0.39, 0.29) is 5.97 Å². The van der Waals surface area contributed by atoms with Gasteiger partial charge in [-0.1, -0.05) is 55.9 Å². The molecular weight excluding hydrogens is 474 g/mol. The van der Waals surface area contributed by atoms with E-state index in [0.717, 1.165) is 24.9 Å². The lowest BCUT2D eigenvalue weighted by Crippen LogP contribution is -2.43. The van der Waals surface area contributed by atoms with Crippen molar-refractivity contribution >= 4 is 44.4 Å². The van der Waals surface area contributed by atoms with Gasteiger partial charge in [-0.3, -0.25) is 9.36 Å². The molecule has 5 nitrogen and oxygen atoms in total. The fourth-order valence-electron chi connectivity index (χ4n) is 4.06. The molecule has 2 fully saturated rings. The minimum atomic E-state index is -0.552. The fourth-order valence-corrected chi connectivity index (χ4v) is 5.95. The van der Waals surface area contributed by atoms with Crippen LogP contribution in [-0.2, 0) is 9.53 Å². The number of thioether (sulfide) groups is 1. The number of ether oxygens (including phenoxy) is 1. The number of esters is 1. The Labute approximate surface area is 196 Å². The van der Waals surface area contributed by atoms with Crippen LogP contribution >= 0.6 is 27.7 Å². The molecule has 2 aromatic carbocycles. The highest BCUT2D eigenvalue weighted by molar-refractivity contribution is 9.10. The summed E-state index contributed by atoms with van der Waals surface area (Å²) in [4.78, 5) is 12.6. The van der Waals surface area contributed by atoms with Crippen molar-refractivity contribution in [3.63, 3.8) is 0 Å². The maximum Gasteiger partial charge on any atom is 0.322 e. The van der Waals surface area contributed by atoms with Crippen molar-refractivity contribution in [2.45, 2.75) is 68.7 Å². The standard InChI is InChI=1S/C22H22BrN3O2S.C2H6/c1-2-28-19(27)22(12-5-13-22)29-21-25-24-20(23)26(21)18-11-10-15(14-8-9-14)16-6-3-4-7-17(16)18;1-2/h3-4,6-7,10-11,14H,2,5,8-9,12-13H2,1H3;1-2H3. The molecule has 7 heteroatoms. The Hall–Kier alpha value is -1.86.